The van der Waals surface area contributed by atoms with E-state index in [1.54, 1.807) is 13.2 Å². The highest BCUT2D eigenvalue weighted by Gasteiger charge is 2.01. The third-order valence-corrected chi connectivity index (χ3v) is 2.71. The maximum absolute atomic E-state index is 10.9. The second-order valence-electron chi connectivity index (χ2n) is 4.21. The lowest BCUT2D eigenvalue weighted by Crippen LogP contribution is -2.37. The molecule has 1 aromatic heterocycles. The summed E-state index contributed by atoms with van der Waals surface area (Å²) in [6, 6.07) is 5.79. The Morgan fingerprint density at radius 3 is 2.85 bits per heavy atom. The Morgan fingerprint density at radius 2 is 2.20 bits per heavy atom. The topological polar surface area (TPSA) is 75.6 Å². The summed E-state index contributed by atoms with van der Waals surface area (Å²) in [5.74, 6) is 0.566. The first-order chi connectivity index (χ1) is 9.76. The van der Waals surface area contributed by atoms with E-state index in [1.165, 1.54) is 7.11 Å². The van der Waals surface area contributed by atoms with Crippen LogP contribution in [0.4, 0.5) is 0 Å². The van der Waals surface area contributed by atoms with Crippen molar-refractivity contribution in [3.63, 3.8) is 0 Å². The molecule has 0 spiro atoms. The summed E-state index contributed by atoms with van der Waals surface area (Å²) in [6.07, 6.45) is 3.91. The van der Waals surface area contributed by atoms with Crippen LogP contribution < -0.4 is 10.6 Å². The van der Waals surface area contributed by atoms with Gasteiger partial charge in [0.25, 0.3) is 0 Å². The fourth-order valence-electron chi connectivity index (χ4n) is 1.60. The first kappa shape index (κ1) is 15.9. The first-order valence-corrected chi connectivity index (χ1v) is 6.67. The Hall–Kier alpha value is -2.11. The summed E-state index contributed by atoms with van der Waals surface area (Å²) in [6.45, 7) is 1.39. The molecule has 6 nitrogen and oxygen atoms in total. The van der Waals surface area contributed by atoms with Gasteiger partial charge in [-0.05, 0) is 25.0 Å². The number of carbonyl (C=O) groups is 1. The van der Waals surface area contributed by atoms with Crippen LogP contribution in [0.3, 0.4) is 0 Å². The quantitative estimate of drug-likeness (QED) is 0.338. The second-order valence-corrected chi connectivity index (χ2v) is 4.21. The molecule has 110 valence electrons. The van der Waals surface area contributed by atoms with Crippen LogP contribution in [0, 0.1) is 0 Å². The predicted octanol–water partition coefficient (Wildman–Crippen LogP) is 1.09. The largest absolute Gasteiger partial charge is 0.469 e. The fourth-order valence-corrected chi connectivity index (χ4v) is 1.60. The Balaban J connectivity index is 2.16. The van der Waals surface area contributed by atoms with Crippen molar-refractivity contribution in [1.29, 1.82) is 0 Å². The van der Waals surface area contributed by atoms with Crippen LogP contribution in [0.25, 0.3) is 0 Å². The molecule has 0 amide bonds. The normalized spacial score (nSPS) is 11.0. The van der Waals surface area contributed by atoms with Gasteiger partial charge in [0.05, 0.1) is 19.3 Å². The van der Waals surface area contributed by atoms with Crippen LogP contribution in [-0.4, -0.2) is 37.6 Å². The van der Waals surface area contributed by atoms with Crippen molar-refractivity contribution >= 4 is 11.9 Å². The van der Waals surface area contributed by atoms with Crippen LogP contribution >= 0.6 is 0 Å². The van der Waals surface area contributed by atoms with Crippen molar-refractivity contribution in [2.75, 3.05) is 20.7 Å². The number of esters is 1. The monoisotopic (exact) mass is 278 g/mol. The number of pyridine rings is 1. The highest BCUT2D eigenvalue weighted by molar-refractivity contribution is 5.79. The minimum absolute atomic E-state index is 0.164. The Bertz CT molecular complexity index is 420. The van der Waals surface area contributed by atoms with Crippen LogP contribution in [0.15, 0.2) is 29.4 Å². The van der Waals surface area contributed by atoms with Gasteiger partial charge in [-0.3, -0.25) is 14.8 Å². The summed E-state index contributed by atoms with van der Waals surface area (Å²) in [7, 11) is 3.13. The van der Waals surface area contributed by atoms with E-state index < -0.39 is 0 Å². The van der Waals surface area contributed by atoms with E-state index in [2.05, 4.69) is 25.3 Å². The highest BCUT2D eigenvalue weighted by Crippen LogP contribution is 1.96. The van der Waals surface area contributed by atoms with Gasteiger partial charge in [0, 0.05) is 26.2 Å². The maximum Gasteiger partial charge on any atom is 0.305 e. The van der Waals surface area contributed by atoms with Crippen molar-refractivity contribution in [3.05, 3.63) is 30.1 Å². The van der Waals surface area contributed by atoms with Gasteiger partial charge in [-0.25, -0.2) is 0 Å². The minimum atomic E-state index is -0.164. The molecule has 0 aromatic carbocycles. The number of aromatic nitrogens is 1. The summed E-state index contributed by atoms with van der Waals surface area (Å²) < 4.78 is 4.58. The standard InChI is InChI=1S/C14H22N4O2/c1-15-14(17-10-6-4-8-13(19)20-2)18-11-12-7-3-5-9-16-12/h3,5,7,9H,4,6,8,10-11H2,1-2H3,(H2,15,17,18). The molecule has 20 heavy (non-hydrogen) atoms. The molecule has 0 aliphatic carbocycles. The summed E-state index contributed by atoms with van der Waals surface area (Å²) in [5, 5.41) is 6.37. The third-order valence-electron chi connectivity index (χ3n) is 2.71. The molecule has 1 rings (SSSR count). The van der Waals surface area contributed by atoms with E-state index in [0.717, 1.165) is 31.0 Å². The SMILES string of the molecule is CN=C(NCCCCC(=O)OC)NCc1ccccn1. The van der Waals surface area contributed by atoms with E-state index in [4.69, 9.17) is 0 Å². The number of ether oxygens (including phenoxy) is 1. The number of nitrogens with zero attached hydrogens (tertiary/aromatic N) is 2. The lowest BCUT2D eigenvalue weighted by Gasteiger charge is -2.11. The second kappa shape index (κ2) is 9.77. The Morgan fingerprint density at radius 1 is 1.35 bits per heavy atom. The fraction of sp³-hybridized carbons (Fsp3) is 0.500. The highest BCUT2D eigenvalue weighted by atomic mass is 16.5. The van der Waals surface area contributed by atoms with Gasteiger partial charge in [0.1, 0.15) is 0 Å². The average molecular weight is 278 g/mol. The van der Waals surface area contributed by atoms with Gasteiger partial charge in [0.15, 0.2) is 5.96 Å². The molecule has 1 heterocycles. The predicted molar refractivity (Wildman–Crippen MR) is 78.3 cm³/mol. The van der Waals surface area contributed by atoms with Gasteiger partial charge < -0.3 is 15.4 Å². The third kappa shape index (κ3) is 6.72. The van der Waals surface area contributed by atoms with E-state index in [9.17, 15) is 4.79 Å². The average Bonchev–Trinajstić information content (AvgIpc) is 2.50. The van der Waals surface area contributed by atoms with Crippen molar-refractivity contribution in [3.8, 4) is 0 Å². The van der Waals surface area contributed by atoms with Gasteiger partial charge in [-0.15, -0.1) is 0 Å². The molecule has 0 aliphatic rings. The zero-order chi connectivity index (χ0) is 14.6. The van der Waals surface area contributed by atoms with E-state index >= 15 is 0 Å². The van der Waals surface area contributed by atoms with E-state index in [0.29, 0.717) is 13.0 Å². The number of methoxy groups -OCH3 is 1. The molecule has 0 atom stereocenters. The lowest BCUT2D eigenvalue weighted by atomic mass is 10.2. The zero-order valence-corrected chi connectivity index (χ0v) is 12.1. The molecule has 0 aliphatic heterocycles. The summed E-state index contributed by atoms with van der Waals surface area (Å²) >= 11 is 0. The number of guanidine groups is 1. The van der Waals surface area contributed by atoms with Crippen molar-refractivity contribution < 1.29 is 9.53 Å². The van der Waals surface area contributed by atoms with Gasteiger partial charge in [-0.1, -0.05) is 6.07 Å². The maximum atomic E-state index is 10.9. The molecular formula is C14H22N4O2. The number of unbranched alkanes of at least 4 members (excludes halogenated alkanes) is 1. The number of carbonyl (C=O) groups excluding carboxylic acids is 1. The number of hydrogen-bond acceptors (Lipinski definition) is 4. The zero-order valence-electron chi connectivity index (χ0n) is 12.1. The Labute approximate surface area is 119 Å². The molecule has 0 bridgehead atoms. The number of nitrogens with one attached hydrogen (secondary N) is 2. The summed E-state index contributed by atoms with van der Waals surface area (Å²) in [5.41, 5.74) is 0.959. The van der Waals surface area contributed by atoms with Crippen LogP contribution in [-0.2, 0) is 16.1 Å². The minimum Gasteiger partial charge on any atom is -0.469 e. The summed E-state index contributed by atoms with van der Waals surface area (Å²) in [4.78, 5) is 19.3. The molecule has 0 radical (unpaired) electrons. The number of aliphatic imine (C=N–C) groups is 1. The van der Waals surface area contributed by atoms with Gasteiger partial charge in [0.2, 0.25) is 0 Å². The molecular weight excluding hydrogens is 256 g/mol. The van der Waals surface area contributed by atoms with Gasteiger partial charge in [-0.2, -0.15) is 0 Å². The number of rotatable bonds is 7. The molecule has 2 N–H and O–H groups in total. The molecule has 0 fully saturated rings. The molecule has 0 saturated carbocycles. The molecule has 1 aromatic rings. The molecule has 6 heteroatoms. The first-order valence-electron chi connectivity index (χ1n) is 6.67. The van der Waals surface area contributed by atoms with Crippen LogP contribution in [0.5, 0.6) is 0 Å². The smallest absolute Gasteiger partial charge is 0.305 e. The number of hydrogen-bond donors (Lipinski definition) is 2. The molecule has 0 saturated heterocycles. The van der Waals surface area contributed by atoms with Crippen LogP contribution in [0.1, 0.15) is 25.0 Å². The Kier molecular flexibility index (Phi) is 7.79. The van der Waals surface area contributed by atoms with Crippen LogP contribution in [0.2, 0.25) is 0 Å². The van der Waals surface area contributed by atoms with Crippen molar-refractivity contribution in [2.24, 2.45) is 4.99 Å². The van der Waals surface area contributed by atoms with Crippen molar-refractivity contribution in [1.82, 2.24) is 15.6 Å². The van der Waals surface area contributed by atoms with E-state index in [-0.39, 0.29) is 5.97 Å². The lowest BCUT2D eigenvalue weighted by molar-refractivity contribution is -0.140. The van der Waals surface area contributed by atoms with Crippen molar-refractivity contribution in [2.45, 2.75) is 25.8 Å². The molecule has 0 unspecified atom stereocenters. The van der Waals surface area contributed by atoms with E-state index in [1.807, 2.05) is 18.2 Å². The van der Waals surface area contributed by atoms with Gasteiger partial charge >= 0.3 is 5.97 Å².